The van der Waals surface area contributed by atoms with Gasteiger partial charge < -0.3 is 20.3 Å². The Bertz CT molecular complexity index is 1340. The number of hydrogen-bond acceptors (Lipinski definition) is 7. The summed E-state index contributed by atoms with van der Waals surface area (Å²) in [5.41, 5.74) is 3.04. The highest BCUT2D eigenvalue weighted by Gasteiger charge is 2.35. The predicted octanol–water partition coefficient (Wildman–Crippen LogP) is 3.92. The molecule has 10 nitrogen and oxygen atoms in total. The average molecular weight is 471 g/mol. The van der Waals surface area contributed by atoms with Crippen molar-refractivity contribution < 1.29 is 9.53 Å². The third-order valence-electron chi connectivity index (χ3n) is 6.46. The summed E-state index contributed by atoms with van der Waals surface area (Å²) >= 11 is 0. The van der Waals surface area contributed by atoms with Gasteiger partial charge in [-0.05, 0) is 56.2 Å². The normalized spacial score (nSPS) is 19.2. The molecule has 6 rings (SSSR count). The molecule has 5 heterocycles. The first-order valence-electron chi connectivity index (χ1n) is 11.9. The predicted molar refractivity (Wildman–Crippen MR) is 133 cm³/mol. The van der Waals surface area contributed by atoms with E-state index in [1.165, 1.54) is 0 Å². The van der Waals surface area contributed by atoms with Crippen molar-refractivity contribution in [2.75, 3.05) is 28.6 Å². The maximum atomic E-state index is 12.3. The van der Waals surface area contributed by atoms with Crippen LogP contribution in [0.5, 0.6) is 0 Å². The molecular formula is C25H26N8O2. The van der Waals surface area contributed by atoms with Crippen molar-refractivity contribution in [1.82, 2.24) is 24.7 Å². The zero-order chi connectivity index (χ0) is 23.8. The van der Waals surface area contributed by atoms with E-state index < -0.39 is 0 Å². The van der Waals surface area contributed by atoms with Crippen LogP contribution in [0.4, 0.5) is 22.0 Å². The van der Waals surface area contributed by atoms with Crippen LogP contribution in [-0.4, -0.2) is 56.1 Å². The third-order valence-corrected chi connectivity index (χ3v) is 6.46. The molecule has 0 aliphatic carbocycles. The molecule has 0 spiro atoms. The van der Waals surface area contributed by atoms with Crippen LogP contribution in [0, 0.1) is 0 Å². The maximum Gasteiger partial charge on any atom is 0.323 e. The lowest BCUT2D eigenvalue weighted by Gasteiger charge is -2.33. The summed E-state index contributed by atoms with van der Waals surface area (Å²) < 4.78 is 7.94. The van der Waals surface area contributed by atoms with E-state index in [0.717, 1.165) is 54.9 Å². The van der Waals surface area contributed by atoms with Crippen LogP contribution < -0.4 is 15.5 Å². The molecule has 0 saturated carbocycles. The topological polar surface area (TPSA) is 110 Å². The van der Waals surface area contributed by atoms with Crippen molar-refractivity contribution in [2.45, 2.75) is 38.5 Å². The van der Waals surface area contributed by atoms with Gasteiger partial charge in [0.05, 0.1) is 23.8 Å². The van der Waals surface area contributed by atoms with Crippen molar-refractivity contribution >= 4 is 34.3 Å². The number of ether oxygens (including phenoxy) is 1. The number of hydrogen-bond donors (Lipinski definition) is 2. The van der Waals surface area contributed by atoms with Crippen molar-refractivity contribution in [2.24, 2.45) is 0 Å². The monoisotopic (exact) mass is 470 g/mol. The molecule has 2 saturated heterocycles. The van der Waals surface area contributed by atoms with Crippen molar-refractivity contribution in [3.8, 4) is 11.4 Å². The van der Waals surface area contributed by atoms with Gasteiger partial charge in [-0.25, -0.2) is 19.4 Å². The highest BCUT2D eigenvalue weighted by molar-refractivity contribution is 5.99. The van der Waals surface area contributed by atoms with Gasteiger partial charge in [-0.2, -0.15) is 5.10 Å². The molecular weight excluding hydrogens is 444 g/mol. The van der Waals surface area contributed by atoms with E-state index in [4.69, 9.17) is 14.7 Å². The van der Waals surface area contributed by atoms with Crippen molar-refractivity contribution in [3.05, 3.63) is 55.0 Å². The lowest BCUT2D eigenvalue weighted by Crippen LogP contribution is -2.43. The van der Waals surface area contributed by atoms with Crippen LogP contribution in [0.2, 0.25) is 0 Å². The van der Waals surface area contributed by atoms with Crippen LogP contribution in [0.3, 0.4) is 0 Å². The fourth-order valence-corrected chi connectivity index (χ4v) is 4.76. The molecule has 35 heavy (non-hydrogen) atoms. The lowest BCUT2D eigenvalue weighted by molar-refractivity contribution is 0.0303. The Morgan fingerprint density at radius 1 is 1.00 bits per heavy atom. The smallest absolute Gasteiger partial charge is 0.323 e. The summed E-state index contributed by atoms with van der Waals surface area (Å²) in [6.45, 7) is 4.44. The van der Waals surface area contributed by atoms with Gasteiger partial charge in [0.2, 0.25) is 0 Å². The third kappa shape index (κ3) is 4.28. The molecule has 3 aromatic heterocycles. The Kier molecular flexibility index (Phi) is 5.49. The molecule has 0 radical (unpaired) electrons. The van der Waals surface area contributed by atoms with E-state index in [1.807, 2.05) is 35.1 Å². The van der Waals surface area contributed by atoms with Crippen LogP contribution in [0.1, 0.15) is 19.8 Å². The van der Waals surface area contributed by atoms with Gasteiger partial charge in [0, 0.05) is 49.0 Å². The van der Waals surface area contributed by atoms with E-state index in [9.17, 15) is 4.79 Å². The molecule has 2 aliphatic rings. The molecule has 2 fully saturated rings. The number of nitrogens with one attached hydrogen (secondary N) is 2. The molecule has 2 atom stereocenters. The SMILES string of the molecule is CCn1ncc2c(N3CC4CCC(C3)O4)nc(-c3ccc(NC(=O)Nc4ccncc4)cc3)nc21. The van der Waals surface area contributed by atoms with E-state index in [-0.39, 0.29) is 18.2 Å². The molecule has 4 aromatic rings. The Labute approximate surface area is 202 Å². The molecule has 2 unspecified atom stereocenters. The molecule has 10 heteroatoms. The van der Waals surface area contributed by atoms with E-state index in [2.05, 4.69) is 32.5 Å². The highest BCUT2D eigenvalue weighted by atomic mass is 16.5. The van der Waals surface area contributed by atoms with Gasteiger partial charge in [0.15, 0.2) is 11.5 Å². The minimum atomic E-state index is -0.322. The number of morpholine rings is 1. The lowest BCUT2D eigenvalue weighted by atomic mass is 10.2. The average Bonchev–Trinajstić information content (AvgIpc) is 3.46. The Morgan fingerprint density at radius 2 is 1.69 bits per heavy atom. The van der Waals surface area contributed by atoms with E-state index in [1.54, 1.807) is 24.5 Å². The van der Waals surface area contributed by atoms with Gasteiger partial charge in [-0.15, -0.1) is 0 Å². The van der Waals surface area contributed by atoms with Crippen LogP contribution in [-0.2, 0) is 11.3 Å². The van der Waals surface area contributed by atoms with Crippen LogP contribution in [0.25, 0.3) is 22.4 Å². The maximum absolute atomic E-state index is 12.3. The molecule has 178 valence electrons. The van der Waals surface area contributed by atoms with E-state index >= 15 is 0 Å². The number of pyridine rings is 1. The number of urea groups is 1. The molecule has 2 bridgehead atoms. The van der Waals surface area contributed by atoms with Crippen molar-refractivity contribution in [1.29, 1.82) is 0 Å². The summed E-state index contributed by atoms with van der Waals surface area (Å²) in [4.78, 5) is 28.4. The molecule has 1 aromatic carbocycles. The van der Waals surface area contributed by atoms with E-state index in [0.29, 0.717) is 17.2 Å². The largest absolute Gasteiger partial charge is 0.371 e. The summed E-state index contributed by atoms with van der Waals surface area (Å²) in [6, 6.07) is 10.7. The number of aryl methyl sites for hydroxylation is 1. The molecule has 2 aliphatic heterocycles. The van der Waals surface area contributed by atoms with Crippen LogP contribution >= 0.6 is 0 Å². The number of amides is 2. The summed E-state index contributed by atoms with van der Waals surface area (Å²) in [7, 11) is 0. The van der Waals surface area contributed by atoms with Gasteiger partial charge in [-0.3, -0.25) is 4.98 Å². The molecule has 2 N–H and O–H groups in total. The quantitative estimate of drug-likeness (QED) is 0.455. The summed E-state index contributed by atoms with van der Waals surface area (Å²) in [6.07, 6.45) is 7.83. The second-order valence-corrected chi connectivity index (χ2v) is 8.82. The number of benzene rings is 1. The number of carbonyl (C=O) groups is 1. The Hall–Kier alpha value is -4.05. The molecule has 2 amide bonds. The van der Waals surface area contributed by atoms with Gasteiger partial charge >= 0.3 is 6.03 Å². The first-order valence-corrected chi connectivity index (χ1v) is 11.9. The van der Waals surface area contributed by atoms with Gasteiger partial charge in [0.25, 0.3) is 0 Å². The van der Waals surface area contributed by atoms with Gasteiger partial charge in [0.1, 0.15) is 5.82 Å². The number of rotatable bonds is 5. The summed E-state index contributed by atoms with van der Waals surface area (Å²) in [5.74, 6) is 1.54. The number of anilines is 3. The van der Waals surface area contributed by atoms with Gasteiger partial charge in [-0.1, -0.05) is 0 Å². The Balaban J connectivity index is 1.28. The second-order valence-electron chi connectivity index (χ2n) is 8.82. The zero-order valence-corrected chi connectivity index (χ0v) is 19.4. The fourth-order valence-electron chi connectivity index (χ4n) is 4.76. The summed E-state index contributed by atoms with van der Waals surface area (Å²) in [5, 5.41) is 11.1. The first kappa shape index (κ1) is 21.5. The van der Waals surface area contributed by atoms with Crippen LogP contribution in [0.15, 0.2) is 55.0 Å². The number of aromatic nitrogens is 5. The highest BCUT2D eigenvalue weighted by Crippen LogP contribution is 2.33. The number of carbonyl (C=O) groups excluding carboxylic acids is 1. The first-order chi connectivity index (χ1) is 17.2. The zero-order valence-electron chi connectivity index (χ0n) is 19.4. The minimum Gasteiger partial charge on any atom is -0.371 e. The number of fused-ring (bicyclic) bond motifs is 3. The fraction of sp³-hybridized carbons (Fsp3) is 0.320. The van der Waals surface area contributed by atoms with Crippen molar-refractivity contribution in [3.63, 3.8) is 0 Å². The standard InChI is InChI=1S/C25H26N8O2/c1-2-33-24-21(13-27-33)23(32-14-19-7-8-20(15-32)35-19)30-22(31-24)16-3-5-17(6-4-16)28-25(34)29-18-9-11-26-12-10-18/h3-6,9-13,19-20H,2,7-8,14-15H2,1H3,(H2,26,28,29,34). The second kappa shape index (κ2) is 8.95. The Morgan fingerprint density at radius 3 is 2.37 bits per heavy atom. The number of nitrogens with zero attached hydrogens (tertiary/aromatic N) is 6. The minimum absolute atomic E-state index is 0.257.